The van der Waals surface area contributed by atoms with Crippen LogP contribution in [0.25, 0.3) is 0 Å². The standard InChI is InChI=1S/C14H15NO2/c16-12-1-2-13-11(9-17-14(13)8-12)7-10-3-5-15-6-4-10/h3-6,9,12,16H,1-2,7-8H2. The van der Waals surface area contributed by atoms with Crippen LogP contribution in [-0.4, -0.2) is 16.2 Å². The third-order valence-corrected chi connectivity index (χ3v) is 3.36. The minimum Gasteiger partial charge on any atom is -0.469 e. The Morgan fingerprint density at radius 1 is 1.35 bits per heavy atom. The summed E-state index contributed by atoms with van der Waals surface area (Å²) in [7, 11) is 0. The van der Waals surface area contributed by atoms with Crippen molar-refractivity contribution in [3.63, 3.8) is 0 Å². The van der Waals surface area contributed by atoms with Crippen molar-refractivity contribution >= 4 is 0 Å². The van der Waals surface area contributed by atoms with Gasteiger partial charge in [-0.15, -0.1) is 0 Å². The molecule has 1 aliphatic rings. The third kappa shape index (κ3) is 2.11. The van der Waals surface area contributed by atoms with Crippen molar-refractivity contribution in [3.8, 4) is 0 Å². The number of hydrogen-bond acceptors (Lipinski definition) is 3. The van der Waals surface area contributed by atoms with E-state index in [1.54, 1.807) is 0 Å². The van der Waals surface area contributed by atoms with Crippen LogP contribution >= 0.6 is 0 Å². The molecule has 1 unspecified atom stereocenters. The molecule has 88 valence electrons. The molecule has 1 aliphatic carbocycles. The summed E-state index contributed by atoms with van der Waals surface area (Å²) in [4.78, 5) is 4.02. The highest BCUT2D eigenvalue weighted by Crippen LogP contribution is 2.27. The van der Waals surface area contributed by atoms with Gasteiger partial charge in [0.25, 0.3) is 0 Å². The summed E-state index contributed by atoms with van der Waals surface area (Å²) in [5.41, 5.74) is 3.79. The maximum absolute atomic E-state index is 9.59. The van der Waals surface area contributed by atoms with E-state index >= 15 is 0 Å². The summed E-state index contributed by atoms with van der Waals surface area (Å²) in [5.74, 6) is 0.966. The van der Waals surface area contributed by atoms with E-state index in [9.17, 15) is 5.11 Å². The maximum atomic E-state index is 9.59. The Balaban J connectivity index is 1.85. The van der Waals surface area contributed by atoms with E-state index in [2.05, 4.69) is 4.98 Å². The lowest BCUT2D eigenvalue weighted by Crippen LogP contribution is -2.17. The Morgan fingerprint density at radius 3 is 3.00 bits per heavy atom. The largest absolute Gasteiger partial charge is 0.469 e. The first-order valence-electron chi connectivity index (χ1n) is 5.98. The van der Waals surface area contributed by atoms with Crippen molar-refractivity contribution in [1.29, 1.82) is 0 Å². The van der Waals surface area contributed by atoms with Crippen LogP contribution in [0, 0.1) is 0 Å². The highest BCUT2D eigenvalue weighted by molar-refractivity contribution is 5.34. The molecule has 3 heteroatoms. The average Bonchev–Trinajstić information content (AvgIpc) is 2.73. The Kier molecular flexibility index (Phi) is 2.69. The van der Waals surface area contributed by atoms with Gasteiger partial charge in [0, 0.05) is 25.2 Å². The number of hydrogen-bond donors (Lipinski definition) is 1. The molecule has 0 aliphatic heterocycles. The van der Waals surface area contributed by atoms with Crippen LogP contribution in [-0.2, 0) is 19.3 Å². The van der Waals surface area contributed by atoms with Gasteiger partial charge in [-0.05, 0) is 41.7 Å². The molecule has 2 aromatic heterocycles. The van der Waals surface area contributed by atoms with Crippen LogP contribution in [0.15, 0.2) is 35.2 Å². The first kappa shape index (κ1) is 10.5. The molecule has 0 radical (unpaired) electrons. The molecule has 1 N–H and O–H groups in total. The lowest BCUT2D eigenvalue weighted by atomic mass is 9.91. The number of rotatable bonds is 2. The van der Waals surface area contributed by atoms with E-state index in [4.69, 9.17) is 4.42 Å². The number of pyridine rings is 1. The fourth-order valence-corrected chi connectivity index (χ4v) is 2.43. The van der Waals surface area contributed by atoms with Crippen LogP contribution in [0.3, 0.4) is 0 Å². The molecular weight excluding hydrogens is 214 g/mol. The van der Waals surface area contributed by atoms with Gasteiger partial charge in [-0.25, -0.2) is 0 Å². The van der Waals surface area contributed by atoms with Crippen molar-refractivity contribution in [2.45, 2.75) is 31.8 Å². The van der Waals surface area contributed by atoms with Crippen molar-refractivity contribution in [3.05, 3.63) is 53.2 Å². The van der Waals surface area contributed by atoms with Gasteiger partial charge in [-0.2, -0.15) is 0 Å². The highest BCUT2D eigenvalue weighted by Gasteiger charge is 2.22. The lowest BCUT2D eigenvalue weighted by Gasteiger charge is -2.16. The fourth-order valence-electron chi connectivity index (χ4n) is 2.43. The molecule has 2 heterocycles. The molecule has 3 rings (SSSR count). The van der Waals surface area contributed by atoms with Crippen LogP contribution in [0.1, 0.15) is 28.9 Å². The summed E-state index contributed by atoms with van der Waals surface area (Å²) >= 11 is 0. The predicted octanol–water partition coefficient (Wildman–Crippen LogP) is 2.12. The number of aliphatic hydroxyl groups excluding tert-OH is 1. The summed E-state index contributed by atoms with van der Waals surface area (Å²) in [6.45, 7) is 0. The zero-order valence-corrected chi connectivity index (χ0v) is 9.60. The molecule has 0 spiro atoms. The van der Waals surface area contributed by atoms with Gasteiger partial charge in [0.15, 0.2) is 0 Å². The summed E-state index contributed by atoms with van der Waals surface area (Å²) in [6.07, 6.45) is 8.54. The molecule has 0 saturated heterocycles. The van der Waals surface area contributed by atoms with E-state index in [1.165, 1.54) is 16.7 Å². The molecule has 3 nitrogen and oxygen atoms in total. The molecule has 1 atom stereocenters. The van der Waals surface area contributed by atoms with Crippen molar-refractivity contribution < 1.29 is 9.52 Å². The zero-order valence-electron chi connectivity index (χ0n) is 9.60. The zero-order chi connectivity index (χ0) is 11.7. The van der Waals surface area contributed by atoms with Crippen LogP contribution in [0.4, 0.5) is 0 Å². The Labute approximate surface area is 100 Å². The van der Waals surface area contributed by atoms with Crippen molar-refractivity contribution in [2.24, 2.45) is 0 Å². The number of furan rings is 1. The maximum Gasteiger partial charge on any atom is 0.109 e. The van der Waals surface area contributed by atoms with Gasteiger partial charge in [0.2, 0.25) is 0 Å². The smallest absolute Gasteiger partial charge is 0.109 e. The van der Waals surface area contributed by atoms with Crippen molar-refractivity contribution in [2.75, 3.05) is 0 Å². The summed E-state index contributed by atoms with van der Waals surface area (Å²) < 4.78 is 5.55. The van der Waals surface area contributed by atoms with Gasteiger partial charge in [0.1, 0.15) is 5.76 Å². The molecule has 0 amide bonds. The van der Waals surface area contributed by atoms with Gasteiger partial charge >= 0.3 is 0 Å². The minimum absolute atomic E-state index is 0.234. The number of aliphatic hydroxyl groups is 1. The highest BCUT2D eigenvalue weighted by atomic mass is 16.3. The second-order valence-electron chi connectivity index (χ2n) is 4.59. The topological polar surface area (TPSA) is 46.3 Å². The normalized spacial score (nSPS) is 19.0. The van der Waals surface area contributed by atoms with Gasteiger partial charge < -0.3 is 9.52 Å². The van der Waals surface area contributed by atoms with Crippen molar-refractivity contribution in [1.82, 2.24) is 4.98 Å². The van der Waals surface area contributed by atoms with Crippen LogP contribution in [0.2, 0.25) is 0 Å². The monoisotopic (exact) mass is 229 g/mol. The number of aromatic nitrogens is 1. The second-order valence-corrected chi connectivity index (χ2v) is 4.59. The van der Waals surface area contributed by atoms with Gasteiger partial charge in [-0.3, -0.25) is 4.98 Å². The molecule has 2 aromatic rings. The molecule has 0 aromatic carbocycles. The van der Waals surface area contributed by atoms with E-state index in [0.29, 0.717) is 6.42 Å². The number of fused-ring (bicyclic) bond motifs is 1. The summed E-state index contributed by atoms with van der Waals surface area (Å²) in [5, 5.41) is 9.59. The minimum atomic E-state index is -0.234. The predicted molar refractivity (Wildman–Crippen MR) is 63.8 cm³/mol. The van der Waals surface area contributed by atoms with E-state index in [-0.39, 0.29) is 6.10 Å². The quantitative estimate of drug-likeness (QED) is 0.858. The molecule has 0 bridgehead atoms. The Morgan fingerprint density at radius 2 is 2.18 bits per heavy atom. The van der Waals surface area contributed by atoms with Crippen LogP contribution < -0.4 is 0 Å². The van der Waals surface area contributed by atoms with Gasteiger partial charge in [0.05, 0.1) is 12.4 Å². The van der Waals surface area contributed by atoms with E-state index < -0.39 is 0 Å². The molecular formula is C14H15NO2. The summed E-state index contributed by atoms with van der Waals surface area (Å²) in [6, 6.07) is 4.05. The fraction of sp³-hybridized carbons (Fsp3) is 0.357. The van der Waals surface area contributed by atoms with Crippen LogP contribution in [0.5, 0.6) is 0 Å². The molecule has 0 fully saturated rings. The third-order valence-electron chi connectivity index (χ3n) is 3.36. The number of nitrogens with zero attached hydrogens (tertiary/aromatic N) is 1. The first-order valence-corrected chi connectivity index (χ1v) is 5.98. The lowest BCUT2D eigenvalue weighted by molar-refractivity contribution is 0.150. The van der Waals surface area contributed by atoms with E-state index in [1.807, 2.05) is 30.8 Å². The molecule has 17 heavy (non-hydrogen) atoms. The second kappa shape index (κ2) is 4.34. The Bertz CT molecular complexity index is 504. The SMILES string of the molecule is OC1CCc2c(Cc3ccncc3)coc2C1. The molecule has 0 saturated carbocycles. The van der Waals surface area contributed by atoms with E-state index in [0.717, 1.165) is 25.0 Å². The Hall–Kier alpha value is -1.61. The first-order chi connectivity index (χ1) is 8.33. The van der Waals surface area contributed by atoms with Gasteiger partial charge in [-0.1, -0.05) is 0 Å². The average molecular weight is 229 g/mol.